The minimum atomic E-state index is -0.291. The van der Waals surface area contributed by atoms with Crippen molar-refractivity contribution in [3.05, 3.63) is 83.4 Å². The first-order valence-corrected chi connectivity index (χ1v) is 9.48. The summed E-state index contributed by atoms with van der Waals surface area (Å²) in [5, 5.41) is 5.82. The van der Waals surface area contributed by atoms with Crippen LogP contribution >= 0.6 is 0 Å². The molecule has 1 aliphatic heterocycles. The molecule has 1 atom stereocenters. The van der Waals surface area contributed by atoms with Crippen LogP contribution in [0.1, 0.15) is 38.3 Å². The van der Waals surface area contributed by atoms with Crippen LogP contribution in [0, 0.1) is 0 Å². The predicted molar refractivity (Wildman–Crippen MR) is 108 cm³/mol. The van der Waals surface area contributed by atoms with E-state index >= 15 is 0 Å². The van der Waals surface area contributed by atoms with Crippen LogP contribution in [0.3, 0.4) is 0 Å². The number of benzene rings is 2. The van der Waals surface area contributed by atoms with Gasteiger partial charge in [-0.15, -0.1) is 0 Å². The Morgan fingerprint density at radius 3 is 2.69 bits per heavy atom. The molecule has 0 radical (unpaired) electrons. The van der Waals surface area contributed by atoms with Gasteiger partial charge in [-0.05, 0) is 29.7 Å². The van der Waals surface area contributed by atoms with Gasteiger partial charge in [-0.25, -0.2) is 4.98 Å². The third-order valence-corrected chi connectivity index (χ3v) is 4.96. The number of aromatic nitrogens is 2. The van der Waals surface area contributed by atoms with Crippen LogP contribution in [0.2, 0.25) is 0 Å². The third-order valence-electron chi connectivity index (χ3n) is 4.96. The minimum Gasteiger partial charge on any atom is -0.497 e. The molecule has 0 fully saturated rings. The highest BCUT2D eigenvalue weighted by Crippen LogP contribution is 2.23. The van der Waals surface area contributed by atoms with E-state index < -0.39 is 0 Å². The molecular weight excluding hydrogens is 368 g/mol. The van der Waals surface area contributed by atoms with Crippen LogP contribution in [-0.4, -0.2) is 35.0 Å². The largest absolute Gasteiger partial charge is 0.497 e. The van der Waals surface area contributed by atoms with E-state index in [4.69, 9.17) is 4.74 Å². The maximum atomic E-state index is 12.5. The summed E-state index contributed by atoms with van der Waals surface area (Å²) in [6, 6.07) is 17.3. The fraction of sp³-hybridized carbons (Fsp3) is 0.227. The van der Waals surface area contributed by atoms with Crippen molar-refractivity contribution in [1.82, 2.24) is 20.2 Å². The molecule has 0 saturated carbocycles. The first-order valence-electron chi connectivity index (χ1n) is 9.48. The number of rotatable bonds is 6. The Morgan fingerprint density at radius 2 is 1.97 bits per heavy atom. The van der Waals surface area contributed by atoms with Crippen LogP contribution in [0.4, 0.5) is 0 Å². The number of methoxy groups -OCH3 is 1. The molecule has 4 rings (SSSR count). The SMILES string of the molecule is COc1ccc(C2Cn3cc(C(=O)NCCc4ccccc4)nc3C(=O)N2)cc1. The van der Waals surface area contributed by atoms with Crippen LogP contribution in [0.25, 0.3) is 0 Å². The van der Waals surface area contributed by atoms with Gasteiger partial charge in [0, 0.05) is 19.3 Å². The molecule has 29 heavy (non-hydrogen) atoms. The zero-order valence-corrected chi connectivity index (χ0v) is 16.1. The highest BCUT2D eigenvalue weighted by Gasteiger charge is 2.28. The molecule has 148 valence electrons. The maximum absolute atomic E-state index is 12.5. The van der Waals surface area contributed by atoms with Gasteiger partial charge in [0.1, 0.15) is 11.4 Å². The molecule has 7 heteroatoms. The molecule has 3 aromatic rings. The molecule has 2 heterocycles. The van der Waals surface area contributed by atoms with Crippen molar-refractivity contribution in [2.24, 2.45) is 0 Å². The van der Waals surface area contributed by atoms with Gasteiger partial charge >= 0.3 is 0 Å². The maximum Gasteiger partial charge on any atom is 0.287 e. The van der Waals surface area contributed by atoms with E-state index in [1.807, 2.05) is 54.6 Å². The Labute approximate surface area is 168 Å². The number of carbonyl (C=O) groups excluding carboxylic acids is 2. The van der Waals surface area contributed by atoms with E-state index in [9.17, 15) is 9.59 Å². The standard InChI is InChI=1S/C22H22N4O3/c1-29-17-9-7-16(8-10-17)18-13-26-14-19(24-20(26)22(28)25-18)21(27)23-12-11-15-5-3-2-4-6-15/h2-10,14,18H,11-13H2,1H3,(H,23,27)(H,25,28). The third kappa shape index (κ3) is 4.13. The highest BCUT2D eigenvalue weighted by molar-refractivity contribution is 5.96. The van der Waals surface area contributed by atoms with Gasteiger partial charge in [-0.2, -0.15) is 0 Å². The van der Waals surface area contributed by atoms with Gasteiger partial charge in [0.2, 0.25) is 0 Å². The lowest BCUT2D eigenvalue weighted by atomic mass is 10.1. The van der Waals surface area contributed by atoms with Gasteiger partial charge in [-0.3, -0.25) is 9.59 Å². The fourth-order valence-electron chi connectivity index (χ4n) is 3.39. The van der Waals surface area contributed by atoms with Crippen molar-refractivity contribution in [3.8, 4) is 5.75 Å². The second kappa shape index (κ2) is 8.18. The van der Waals surface area contributed by atoms with E-state index in [0.717, 1.165) is 23.3 Å². The van der Waals surface area contributed by atoms with E-state index in [0.29, 0.717) is 13.1 Å². The Bertz CT molecular complexity index is 1010. The van der Waals surface area contributed by atoms with Crippen LogP contribution in [0.5, 0.6) is 5.75 Å². The first kappa shape index (κ1) is 18.7. The zero-order valence-electron chi connectivity index (χ0n) is 16.1. The molecule has 1 aromatic heterocycles. The van der Waals surface area contributed by atoms with Crippen LogP contribution in [-0.2, 0) is 13.0 Å². The van der Waals surface area contributed by atoms with Gasteiger partial charge < -0.3 is 19.9 Å². The lowest BCUT2D eigenvalue weighted by molar-refractivity contribution is 0.0894. The summed E-state index contributed by atoms with van der Waals surface area (Å²) >= 11 is 0. The second-order valence-electron chi connectivity index (χ2n) is 6.89. The minimum absolute atomic E-state index is 0.191. The lowest BCUT2D eigenvalue weighted by Gasteiger charge is -2.25. The number of nitrogens with zero attached hydrogens (tertiary/aromatic N) is 2. The molecule has 0 aliphatic carbocycles. The van der Waals surface area contributed by atoms with Gasteiger partial charge in [0.15, 0.2) is 5.82 Å². The fourth-order valence-corrected chi connectivity index (χ4v) is 3.39. The molecule has 1 aliphatic rings. The molecule has 2 N–H and O–H groups in total. The smallest absolute Gasteiger partial charge is 0.287 e. The van der Waals surface area contributed by atoms with Gasteiger partial charge in [0.05, 0.1) is 13.2 Å². The van der Waals surface area contributed by atoms with Crippen LogP contribution in [0.15, 0.2) is 60.8 Å². The summed E-state index contributed by atoms with van der Waals surface area (Å²) in [7, 11) is 1.61. The summed E-state index contributed by atoms with van der Waals surface area (Å²) in [5.41, 5.74) is 2.37. The molecule has 7 nitrogen and oxygen atoms in total. The van der Waals surface area contributed by atoms with Crippen LogP contribution < -0.4 is 15.4 Å². The normalized spacial score (nSPS) is 15.3. The number of ether oxygens (including phenoxy) is 1. The molecule has 2 aromatic carbocycles. The molecule has 0 saturated heterocycles. The first-order chi connectivity index (χ1) is 14.1. The van der Waals surface area contributed by atoms with E-state index in [-0.39, 0.29) is 29.4 Å². The number of amides is 2. The predicted octanol–water partition coefficient (Wildman–Crippen LogP) is 2.35. The summed E-state index contributed by atoms with van der Waals surface area (Å²) in [4.78, 5) is 29.2. The summed E-state index contributed by atoms with van der Waals surface area (Å²) in [5.74, 6) is 0.439. The highest BCUT2D eigenvalue weighted by atomic mass is 16.5. The van der Waals surface area contributed by atoms with Gasteiger partial charge in [-0.1, -0.05) is 42.5 Å². The Balaban J connectivity index is 1.42. The molecule has 0 spiro atoms. The van der Waals surface area contributed by atoms with E-state index in [2.05, 4.69) is 15.6 Å². The van der Waals surface area contributed by atoms with Crippen molar-refractivity contribution in [2.45, 2.75) is 19.0 Å². The Kier molecular flexibility index (Phi) is 5.29. The molecule has 1 unspecified atom stereocenters. The topological polar surface area (TPSA) is 85.2 Å². The number of imidazole rings is 1. The average molecular weight is 390 g/mol. The molecule has 2 amide bonds. The quantitative estimate of drug-likeness (QED) is 0.677. The number of hydrogen-bond acceptors (Lipinski definition) is 4. The Morgan fingerprint density at radius 1 is 1.21 bits per heavy atom. The zero-order chi connectivity index (χ0) is 20.2. The lowest BCUT2D eigenvalue weighted by Crippen LogP contribution is -2.38. The van der Waals surface area contributed by atoms with Crippen molar-refractivity contribution in [2.75, 3.05) is 13.7 Å². The van der Waals surface area contributed by atoms with E-state index in [1.165, 1.54) is 0 Å². The average Bonchev–Trinajstić information content (AvgIpc) is 3.19. The van der Waals surface area contributed by atoms with E-state index in [1.54, 1.807) is 17.9 Å². The number of hydrogen-bond donors (Lipinski definition) is 2. The Hall–Kier alpha value is -3.61. The molecule has 0 bridgehead atoms. The van der Waals surface area contributed by atoms with Gasteiger partial charge in [0.25, 0.3) is 11.8 Å². The number of carbonyl (C=O) groups is 2. The summed E-state index contributed by atoms with van der Waals surface area (Å²) in [6.45, 7) is 1.02. The molecular formula is C22H22N4O3. The van der Waals surface area contributed by atoms with Crippen molar-refractivity contribution < 1.29 is 14.3 Å². The number of fused-ring (bicyclic) bond motifs is 1. The number of nitrogens with one attached hydrogen (secondary N) is 2. The monoisotopic (exact) mass is 390 g/mol. The summed E-state index contributed by atoms with van der Waals surface area (Å²) in [6.07, 6.45) is 2.38. The second-order valence-corrected chi connectivity index (χ2v) is 6.89. The van der Waals surface area contributed by atoms with Crippen molar-refractivity contribution in [3.63, 3.8) is 0 Å². The van der Waals surface area contributed by atoms with Crippen molar-refractivity contribution >= 4 is 11.8 Å². The summed E-state index contributed by atoms with van der Waals surface area (Å²) < 4.78 is 6.91. The van der Waals surface area contributed by atoms with Crippen molar-refractivity contribution in [1.29, 1.82) is 0 Å².